The summed E-state index contributed by atoms with van der Waals surface area (Å²) < 4.78 is 1.72. The second kappa shape index (κ2) is 5.99. The minimum absolute atomic E-state index is 0.130. The third-order valence-corrected chi connectivity index (χ3v) is 2.67. The van der Waals surface area contributed by atoms with Gasteiger partial charge in [-0.25, -0.2) is 4.79 Å². The first kappa shape index (κ1) is 13.1. The highest BCUT2D eigenvalue weighted by molar-refractivity contribution is 5.73. The van der Waals surface area contributed by atoms with Gasteiger partial charge < -0.3 is 10.2 Å². The Bertz CT molecular complexity index is 537. The lowest BCUT2D eigenvalue weighted by atomic mass is 10.3. The Morgan fingerprint density at radius 3 is 2.95 bits per heavy atom. The van der Waals surface area contributed by atoms with Crippen molar-refractivity contribution in [1.82, 2.24) is 25.0 Å². The molecule has 2 aromatic heterocycles. The van der Waals surface area contributed by atoms with Gasteiger partial charge in [-0.05, 0) is 12.1 Å². The van der Waals surface area contributed by atoms with Gasteiger partial charge in [0.1, 0.15) is 0 Å². The lowest BCUT2D eigenvalue weighted by Gasteiger charge is -2.16. The fourth-order valence-corrected chi connectivity index (χ4v) is 1.70. The quantitative estimate of drug-likeness (QED) is 0.896. The minimum atomic E-state index is -0.130. The zero-order valence-corrected chi connectivity index (χ0v) is 11.1. The highest BCUT2D eigenvalue weighted by Crippen LogP contribution is 2.01. The number of carbonyl (C=O) groups is 1. The van der Waals surface area contributed by atoms with Crippen molar-refractivity contribution in [3.05, 3.63) is 48.0 Å². The van der Waals surface area contributed by atoms with Gasteiger partial charge in [0.25, 0.3) is 0 Å². The Hall–Kier alpha value is -2.37. The molecular weight excluding hydrogens is 242 g/mol. The van der Waals surface area contributed by atoms with Crippen LogP contribution in [0.15, 0.2) is 36.8 Å². The van der Waals surface area contributed by atoms with Crippen molar-refractivity contribution >= 4 is 6.03 Å². The molecule has 0 aliphatic heterocycles. The molecule has 19 heavy (non-hydrogen) atoms. The molecule has 6 nitrogen and oxygen atoms in total. The van der Waals surface area contributed by atoms with Crippen molar-refractivity contribution in [2.24, 2.45) is 7.05 Å². The molecule has 0 atom stereocenters. The van der Waals surface area contributed by atoms with Crippen LogP contribution in [0.2, 0.25) is 0 Å². The van der Waals surface area contributed by atoms with Gasteiger partial charge in [0.15, 0.2) is 0 Å². The van der Waals surface area contributed by atoms with Crippen LogP contribution >= 0.6 is 0 Å². The van der Waals surface area contributed by atoms with E-state index in [1.165, 1.54) is 0 Å². The molecule has 0 unspecified atom stereocenters. The van der Waals surface area contributed by atoms with Gasteiger partial charge in [-0.3, -0.25) is 9.67 Å². The largest absolute Gasteiger partial charge is 0.332 e. The Morgan fingerprint density at radius 1 is 1.47 bits per heavy atom. The van der Waals surface area contributed by atoms with E-state index in [0.717, 1.165) is 11.3 Å². The summed E-state index contributed by atoms with van der Waals surface area (Å²) in [6.45, 7) is 0.957. The number of nitrogens with zero attached hydrogens (tertiary/aromatic N) is 4. The number of carbonyl (C=O) groups excluding carboxylic acids is 1. The molecule has 2 amide bonds. The number of rotatable bonds is 4. The maximum Gasteiger partial charge on any atom is 0.317 e. The number of aromatic nitrogens is 3. The smallest absolute Gasteiger partial charge is 0.317 e. The molecule has 0 aliphatic carbocycles. The number of nitrogens with one attached hydrogen (secondary N) is 1. The van der Waals surface area contributed by atoms with E-state index in [2.05, 4.69) is 15.4 Å². The average molecular weight is 259 g/mol. The number of pyridine rings is 1. The molecule has 0 saturated heterocycles. The summed E-state index contributed by atoms with van der Waals surface area (Å²) in [7, 11) is 3.60. The van der Waals surface area contributed by atoms with E-state index >= 15 is 0 Å². The lowest BCUT2D eigenvalue weighted by Crippen LogP contribution is -2.36. The Balaban J connectivity index is 1.82. The maximum absolute atomic E-state index is 11.9. The molecule has 0 radical (unpaired) electrons. The fourth-order valence-electron chi connectivity index (χ4n) is 1.70. The third kappa shape index (κ3) is 3.80. The van der Waals surface area contributed by atoms with Gasteiger partial charge in [-0.2, -0.15) is 5.10 Å². The molecule has 0 aromatic carbocycles. The second-order valence-corrected chi connectivity index (χ2v) is 4.36. The predicted octanol–water partition coefficient (Wildman–Crippen LogP) is 1.16. The van der Waals surface area contributed by atoms with E-state index in [1.807, 2.05) is 31.4 Å². The van der Waals surface area contributed by atoms with Crippen LogP contribution < -0.4 is 5.32 Å². The van der Waals surface area contributed by atoms with Crippen molar-refractivity contribution in [1.29, 1.82) is 0 Å². The first-order chi connectivity index (χ1) is 9.15. The molecular formula is C13H17N5O. The van der Waals surface area contributed by atoms with E-state index in [-0.39, 0.29) is 6.03 Å². The van der Waals surface area contributed by atoms with Crippen LogP contribution in [-0.4, -0.2) is 32.7 Å². The number of aryl methyl sites for hydroxylation is 1. The monoisotopic (exact) mass is 259 g/mol. The van der Waals surface area contributed by atoms with E-state index in [4.69, 9.17) is 0 Å². The van der Waals surface area contributed by atoms with Crippen LogP contribution in [-0.2, 0) is 20.1 Å². The van der Waals surface area contributed by atoms with E-state index < -0.39 is 0 Å². The SMILES string of the molecule is CN(Cc1cnn(C)c1)C(=O)NCc1ccccn1. The minimum Gasteiger partial charge on any atom is -0.332 e. The molecule has 0 spiro atoms. The first-order valence-corrected chi connectivity index (χ1v) is 6.01. The standard InChI is InChI=1S/C13H17N5O/c1-17(9-11-7-16-18(2)10-11)13(19)15-8-12-5-3-4-6-14-12/h3-7,10H,8-9H2,1-2H3,(H,15,19). The van der Waals surface area contributed by atoms with Gasteiger partial charge in [-0.1, -0.05) is 6.07 Å². The van der Waals surface area contributed by atoms with Crippen LogP contribution in [0.4, 0.5) is 4.79 Å². The summed E-state index contributed by atoms with van der Waals surface area (Å²) in [6, 6.07) is 5.49. The molecule has 6 heteroatoms. The van der Waals surface area contributed by atoms with E-state index in [1.54, 1.807) is 29.0 Å². The van der Waals surface area contributed by atoms with Crippen LogP contribution in [0, 0.1) is 0 Å². The summed E-state index contributed by atoms with van der Waals surface area (Å²) >= 11 is 0. The highest BCUT2D eigenvalue weighted by Gasteiger charge is 2.09. The zero-order valence-electron chi connectivity index (χ0n) is 11.1. The first-order valence-electron chi connectivity index (χ1n) is 6.01. The second-order valence-electron chi connectivity index (χ2n) is 4.36. The Kier molecular flexibility index (Phi) is 4.12. The molecule has 2 aromatic rings. The van der Waals surface area contributed by atoms with Crippen LogP contribution in [0.1, 0.15) is 11.3 Å². The maximum atomic E-state index is 11.9. The molecule has 2 heterocycles. The van der Waals surface area contributed by atoms with Crippen LogP contribution in [0.25, 0.3) is 0 Å². The van der Waals surface area contributed by atoms with Gasteiger partial charge in [-0.15, -0.1) is 0 Å². The van der Waals surface area contributed by atoms with Crippen LogP contribution in [0.3, 0.4) is 0 Å². The molecule has 100 valence electrons. The van der Waals surface area contributed by atoms with Gasteiger partial charge in [0.05, 0.1) is 25.0 Å². The molecule has 0 saturated carbocycles. The number of amides is 2. The van der Waals surface area contributed by atoms with Crippen molar-refractivity contribution in [3.63, 3.8) is 0 Å². The fraction of sp³-hybridized carbons (Fsp3) is 0.308. The number of urea groups is 1. The van der Waals surface area contributed by atoms with Gasteiger partial charge in [0.2, 0.25) is 0 Å². The summed E-state index contributed by atoms with van der Waals surface area (Å²) in [5, 5.41) is 6.89. The summed E-state index contributed by atoms with van der Waals surface area (Å²) in [4.78, 5) is 17.6. The van der Waals surface area contributed by atoms with Crippen LogP contribution in [0.5, 0.6) is 0 Å². The predicted molar refractivity (Wildman–Crippen MR) is 71.1 cm³/mol. The molecule has 2 rings (SSSR count). The summed E-state index contributed by atoms with van der Waals surface area (Å²) in [5.41, 5.74) is 1.84. The highest BCUT2D eigenvalue weighted by atomic mass is 16.2. The van der Waals surface area contributed by atoms with Gasteiger partial charge in [0, 0.05) is 32.1 Å². The normalized spacial score (nSPS) is 10.2. The average Bonchev–Trinajstić information content (AvgIpc) is 2.82. The number of hydrogen-bond donors (Lipinski definition) is 1. The molecule has 0 fully saturated rings. The number of hydrogen-bond acceptors (Lipinski definition) is 3. The van der Waals surface area contributed by atoms with E-state index in [9.17, 15) is 4.79 Å². The van der Waals surface area contributed by atoms with E-state index in [0.29, 0.717) is 13.1 Å². The topological polar surface area (TPSA) is 63.1 Å². The zero-order chi connectivity index (χ0) is 13.7. The van der Waals surface area contributed by atoms with Crippen molar-refractivity contribution < 1.29 is 4.79 Å². The molecule has 0 bridgehead atoms. The molecule has 0 aliphatic rings. The van der Waals surface area contributed by atoms with Gasteiger partial charge >= 0.3 is 6.03 Å². The Morgan fingerprint density at radius 2 is 2.32 bits per heavy atom. The van der Waals surface area contributed by atoms with Crippen molar-refractivity contribution in [2.45, 2.75) is 13.1 Å². The Labute approximate surface area is 112 Å². The van der Waals surface area contributed by atoms with Crippen molar-refractivity contribution in [3.8, 4) is 0 Å². The van der Waals surface area contributed by atoms with Crippen molar-refractivity contribution in [2.75, 3.05) is 7.05 Å². The summed E-state index contributed by atoms with van der Waals surface area (Å²) in [5.74, 6) is 0. The molecule has 1 N–H and O–H groups in total. The lowest BCUT2D eigenvalue weighted by molar-refractivity contribution is 0.206. The summed E-state index contributed by atoms with van der Waals surface area (Å²) in [6.07, 6.45) is 5.35. The third-order valence-electron chi connectivity index (χ3n) is 2.67.